The molecule has 0 radical (unpaired) electrons. The van der Waals surface area contributed by atoms with Crippen LogP contribution in [0.1, 0.15) is 20.3 Å². The molecular weight excluding hydrogens is 322 g/mol. The van der Waals surface area contributed by atoms with E-state index in [1.54, 1.807) is 4.90 Å². The molecule has 2 N–H and O–H groups in total. The Morgan fingerprint density at radius 1 is 1.00 bits per heavy atom. The Kier molecular flexibility index (Phi) is 7.92. The van der Waals surface area contributed by atoms with Crippen LogP contribution >= 0.6 is 0 Å². The fourth-order valence-electron chi connectivity index (χ4n) is 3.04. The van der Waals surface area contributed by atoms with Crippen LogP contribution in [0.4, 0.5) is 4.79 Å². The van der Waals surface area contributed by atoms with Gasteiger partial charge >= 0.3 is 6.03 Å². The van der Waals surface area contributed by atoms with E-state index in [4.69, 9.17) is 4.74 Å². The number of carbonyl (C=O) groups excluding carboxylic acids is 2. The monoisotopic (exact) mass is 355 g/mol. The van der Waals surface area contributed by atoms with E-state index in [0.717, 1.165) is 32.7 Å². The van der Waals surface area contributed by atoms with Crippen molar-refractivity contribution in [1.82, 2.24) is 25.3 Å². The molecule has 0 bridgehead atoms. The molecule has 3 amide bonds. The summed E-state index contributed by atoms with van der Waals surface area (Å²) in [5.41, 5.74) is 0. The molecular formula is C17H33N5O3. The minimum atomic E-state index is -0.502. The average molecular weight is 355 g/mol. The molecule has 25 heavy (non-hydrogen) atoms. The summed E-state index contributed by atoms with van der Waals surface area (Å²) in [6, 6.07) is -0.623. The van der Waals surface area contributed by atoms with Gasteiger partial charge in [-0.15, -0.1) is 0 Å². The van der Waals surface area contributed by atoms with Gasteiger partial charge in [0.2, 0.25) is 5.91 Å². The third-order valence-electron chi connectivity index (χ3n) is 4.67. The first-order chi connectivity index (χ1) is 12.0. The maximum absolute atomic E-state index is 12.5. The Labute approximate surface area is 150 Å². The van der Waals surface area contributed by atoms with Crippen molar-refractivity contribution in [3.63, 3.8) is 0 Å². The molecule has 2 saturated heterocycles. The summed E-state index contributed by atoms with van der Waals surface area (Å²) in [6.45, 7) is 11.0. The van der Waals surface area contributed by atoms with Crippen LogP contribution in [0.3, 0.4) is 0 Å². The fourth-order valence-corrected chi connectivity index (χ4v) is 3.04. The number of morpholine rings is 1. The van der Waals surface area contributed by atoms with Crippen molar-refractivity contribution in [2.45, 2.75) is 32.4 Å². The molecule has 2 aliphatic rings. The molecule has 0 saturated carbocycles. The number of amides is 3. The second-order valence-corrected chi connectivity index (χ2v) is 7.20. The average Bonchev–Trinajstić information content (AvgIpc) is 2.60. The number of hydrogen-bond acceptors (Lipinski definition) is 5. The number of likely N-dealkylation sites (N-methyl/N-ethyl adjacent to an activating group) is 1. The van der Waals surface area contributed by atoms with Crippen molar-refractivity contribution in [3.8, 4) is 0 Å². The molecule has 0 aromatic rings. The zero-order valence-corrected chi connectivity index (χ0v) is 15.8. The summed E-state index contributed by atoms with van der Waals surface area (Å²) in [5, 5.41) is 5.84. The van der Waals surface area contributed by atoms with Gasteiger partial charge in [-0.25, -0.2) is 4.79 Å². The quantitative estimate of drug-likeness (QED) is 0.675. The van der Waals surface area contributed by atoms with Gasteiger partial charge in [0, 0.05) is 51.9 Å². The lowest BCUT2D eigenvalue weighted by Crippen LogP contribution is -2.55. The topological polar surface area (TPSA) is 77.2 Å². The van der Waals surface area contributed by atoms with Gasteiger partial charge in [-0.3, -0.25) is 4.79 Å². The van der Waals surface area contributed by atoms with Crippen LogP contribution in [0.15, 0.2) is 0 Å². The van der Waals surface area contributed by atoms with E-state index in [1.807, 2.05) is 13.8 Å². The first-order valence-corrected chi connectivity index (χ1v) is 9.30. The molecule has 0 aliphatic carbocycles. The van der Waals surface area contributed by atoms with Gasteiger partial charge in [-0.05, 0) is 27.3 Å². The van der Waals surface area contributed by atoms with E-state index >= 15 is 0 Å². The Morgan fingerprint density at radius 3 is 2.24 bits per heavy atom. The van der Waals surface area contributed by atoms with Crippen LogP contribution in [0.25, 0.3) is 0 Å². The number of carbonyl (C=O) groups is 2. The summed E-state index contributed by atoms with van der Waals surface area (Å²) < 4.78 is 5.28. The van der Waals surface area contributed by atoms with E-state index < -0.39 is 6.04 Å². The minimum Gasteiger partial charge on any atom is -0.378 e. The number of nitrogens with one attached hydrogen (secondary N) is 2. The summed E-state index contributed by atoms with van der Waals surface area (Å²) in [5.74, 6) is -0.106. The van der Waals surface area contributed by atoms with E-state index in [1.165, 1.54) is 0 Å². The smallest absolute Gasteiger partial charge is 0.318 e. The molecule has 2 rings (SSSR count). The second-order valence-electron chi connectivity index (χ2n) is 7.20. The van der Waals surface area contributed by atoms with Crippen LogP contribution in [0, 0.1) is 0 Å². The number of piperazine rings is 1. The summed E-state index contributed by atoms with van der Waals surface area (Å²) in [7, 11) is 2.12. The van der Waals surface area contributed by atoms with Crippen molar-refractivity contribution < 1.29 is 14.3 Å². The summed E-state index contributed by atoms with van der Waals surface area (Å²) in [4.78, 5) is 31.3. The van der Waals surface area contributed by atoms with Gasteiger partial charge in [-0.2, -0.15) is 0 Å². The number of ether oxygens (including phenoxy) is 1. The van der Waals surface area contributed by atoms with Gasteiger partial charge in [0.05, 0.1) is 13.2 Å². The lowest BCUT2D eigenvalue weighted by Gasteiger charge is -2.34. The van der Waals surface area contributed by atoms with Gasteiger partial charge in [-0.1, -0.05) is 0 Å². The fraction of sp³-hybridized carbons (Fsp3) is 0.882. The van der Waals surface area contributed by atoms with Crippen LogP contribution in [0.5, 0.6) is 0 Å². The Bertz CT molecular complexity index is 432. The lowest BCUT2D eigenvalue weighted by molar-refractivity contribution is -0.123. The normalized spacial score (nSPS) is 21.2. The Morgan fingerprint density at radius 2 is 1.64 bits per heavy atom. The number of nitrogens with zero attached hydrogens (tertiary/aromatic N) is 3. The molecule has 0 aromatic carbocycles. The highest BCUT2D eigenvalue weighted by atomic mass is 16.5. The van der Waals surface area contributed by atoms with Crippen LogP contribution < -0.4 is 10.6 Å². The van der Waals surface area contributed by atoms with E-state index in [9.17, 15) is 9.59 Å². The standard InChI is InChI=1S/C17H33N5O3/c1-14(2)18-16(23)15(4-5-21-8-6-20(3)7-9-21)19-17(24)22-10-12-25-13-11-22/h14-15H,4-13H2,1-3H3,(H,18,23)(H,19,24)/t15-/m0/s1. The lowest BCUT2D eigenvalue weighted by atomic mass is 10.1. The second kappa shape index (κ2) is 9.94. The van der Waals surface area contributed by atoms with Crippen LogP contribution in [-0.4, -0.2) is 105 Å². The zero-order chi connectivity index (χ0) is 18.2. The summed E-state index contributed by atoms with van der Waals surface area (Å²) >= 11 is 0. The van der Waals surface area contributed by atoms with Crippen molar-refractivity contribution in [1.29, 1.82) is 0 Å². The zero-order valence-electron chi connectivity index (χ0n) is 15.8. The van der Waals surface area contributed by atoms with Crippen LogP contribution in [-0.2, 0) is 9.53 Å². The van der Waals surface area contributed by atoms with Crippen molar-refractivity contribution in [2.24, 2.45) is 0 Å². The molecule has 2 fully saturated rings. The highest BCUT2D eigenvalue weighted by Crippen LogP contribution is 2.05. The van der Waals surface area contributed by atoms with E-state index in [2.05, 4.69) is 27.5 Å². The largest absolute Gasteiger partial charge is 0.378 e. The van der Waals surface area contributed by atoms with Gasteiger partial charge in [0.1, 0.15) is 6.04 Å². The molecule has 1 atom stereocenters. The molecule has 0 unspecified atom stereocenters. The molecule has 0 aromatic heterocycles. The molecule has 8 nitrogen and oxygen atoms in total. The first kappa shape index (κ1) is 19.9. The predicted octanol–water partition coefficient (Wildman–Crippen LogP) is -0.441. The predicted molar refractivity (Wildman–Crippen MR) is 96.5 cm³/mol. The minimum absolute atomic E-state index is 0.0546. The van der Waals surface area contributed by atoms with Gasteiger partial charge in [0.25, 0.3) is 0 Å². The van der Waals surface area contributed by atoms with Crippen molar-refractivity contribution >= 4 is 11.9 Å². The molecule has 2 heterocycles. The third-order valence-corrected chi connectivity index (χ3v) is 4.67. The van der Waals surface area contributed by atoms with Gasteiger partial charge in [0.15, 0.2) is 0 Å². The molecule has 144 valence electrons. The highest BCUT2D eigenvalue weighted by Gasteiger charge is 2.26. The maximum atomic E-state index is 12.5. The van der Waals surface area contributed by atoms with E-state index in [0.29, 0.717) is 32.7 Å². The number of urea groups is 1. The maximum Gasteiger partial charge on any atom is 0.318 e. The number of rotatable bonds is 6. The first-order valence-electron chi connectivity index (χ1n) is 9.30. The third kappa shape index (κ3) is 6.80. The highest BCUT2D eigenvalue weighted by molar-refractivity contribution is 5.87. The molecule has 2 aliphatic heterocycles. The Balaban J connectivity index is 1.87. The number of hydrogen-bond donors (Lipinski definition) is 2. The molecule has 0 spiro atoms. The van der Waals surface area contributed by atoms with Crippen LogP contribution in [0.2, 0.25) is 0 Å². The SMILES string of the molecule is CC(C)NC(=O)[C@H](CCN1CCN(C)CC1)NC(=O)N1CCOCC1. The summed E-state index contributed by atoms with van der Waals surface area (Å²) in [6.07, 6.45) is 0.623. The van der Waals surface area contributed by atoms with Crippen molar-refractivity contribution in [2.75, 3.05) is 66.1 Å². The Hall–Kier alpha value is -1.38. The molecule has 8 heteroatoms. The van der Waals surface area contributed by atoms with Gasteiger partial charge < -0.3 is 30.1 Å². The van der Waals surface area contributed by atoms with E-state index in [-0.39, 0.29) is 18.0 Å². The van der Waals surface area contributed by atoms with Crippen molar-refractivity contribution in [3.05, 3.63) is 0 Å².